The molecule has 0 bridgehead atoms. The summed E-state index contributed by atoms with van der Waals surface area (Å²) < 4.78 is 46.4. The van der Waals surface area contributed by atoms with Crippen LogP contribution in [0.15, 0.2) is 36.5 Å². The Bertz CT molecular complexity index is 1190. The topological polar surface area (TPSA) is 103 Å². The van der Waals surface area contributed by atoms with Crippen molar-refractivity contribution in [2.75, 3.05) is 18.6 Å². The standard InChI is InChI=1S/C20H18F3N5O3/c1-10(20(21,22)23)11-7-12-16(17(24)29)26-28(18(12)25-8-11)14-9-31-15-6-4-3-5-13(15)27(2)19(14)30/h3-8,10,14H,9H2,1-2H3,(H2,24,29)/t10?,14-/m0/s1. The highest BCUT2D eigenvalue weighted by Crippen LogP contribution is 2.36. The van der Waals surface area contributed by atoms with Crippen molar-refractivity contribution in [3.05, 3.63) is 47.8 Å². The van der Waals surface area contributed by atoms with Crippen molar-refractivity contribution in [2.24, 2.45) is 5.73 Å². The fourth-order valence-corrected chi connectivity index (χ4v) is 3.48. The molecule has 4 rings (SSSR count). The number of fused-ring (bicyclic) bond motifs is 2. The molecule has 0 saturated heterocycles. The number of rotatable bonds is 3. The molecule has 2 aromatic heterocycles. The van der Waals surface area contributed by atoms with E-state index in [9.17, 15) is 22.8 Å². The zero-order valence-electron chi connectivity index (χ0n) is 16.6. The van der Waals surface area contributed by atoms with Gasteiger partial charge >= 0.3 is 6.18 Å². The lowest BCUT2D eigenvalue weighted by atomic mass is 10.0. The van der Waals surface area contributed by atoms with Crippen LogP contribution in [0.25, 0.3) is 11.0 Å². The molecule has 2 atom stereocenters. The summed E-state index contributed by atoms with van der Waals surface area (Å²) in [5, 5.41) is 4.18. The van der Waals surface area contributed by atoms with Crippen LogP contribution in [0.1, 0.15) is 34.9 Å². The van der Waals surface area contributed by atoms with E-state index in [1.165, 1.54) is 15.6 Å². The summed E-state index contributed by atoms with van der Waals surface area (Å²) in [5.41, 5.74) is 5.61. The highest BCUT2D eigenvalue weighted by Gasteiger charge is 2.38. The number of aromatic nitrogens is 3. The van der Waals surface area contributed by atoms with Gasteiger partial charge in [0.15, 0.2) is 17.4 Å². The summed E-state index contributed by atoms with van der Waals surface area (Å²) in [6, 6.07) is 7.12. The predicted molar refractivity (Wildman–Crippen MR) is 105 cm³/mol. The third kappa shape index (κ3) is 3.45. The Hall–Kier alpha value is -3.63. The quantitative estimate of drug-likeness (QED) is 0.684. The molecule has 1 aliphatic heterocycles. The molecule has 1 aliphatic rings. The van der Waals surface area contributed by atoms with Gasteiger partial charge in [-0.15, -0.1) is 0 Å². The predicted octanol–water partition coefficient (Wildman–Crippen LogP) is 2.79. The summed E-state index contributed by atoms with van der Waals surface area (Å²) in [6.45, 7) is 0.879. The fraction of sp³-hybridized carbons (Fsp3) is 0.300. The van der Waals surface area contributed by atoms with Gasteiger partial charge in [0.2, 0.25) is 0 Å². The van der Waals surface area contributed by atoms with Crippen molar-refractivity contribution in [3.63, 3.8) is 0 Å². The van der Waals surface area contributed by atoms with Crippen LogP contribution >= 0.6 is 0 Å². The third-order valence-corrected chi connectivity index (χ3v) is 5.33. The van der Waals surface area contributed by atoms with Crippen LogP contribution < -0.4 is 15.4 Å². The molecule has 0 spiro atoms. The van der Waals surface area contributed by atoms with Gasteiger partial charge in [-0.25, -0.2) is 9.67 Å². The van der Waals surface area contributed by atoms with Crippen LogP contribution in [0.4, 0.5) is 18.9 Å². The van der Waals surface area contributed by atoms with Crippen LogP contribution in [0.3, 0.4) is 0 Å². The maximum absolute atomic E-state index is 13.2. The Morgan fingerprint density at radius 3 is 2.71 bits per heavy atom. The zero-order chi connectivity index (χ0) is 22.5. The highest BCUT2D eigenvalue weighted by atomic mass is 19.4. The smallest absolute Gasteiger partial charge is 0.395 e. The van der Waals surface area contributed by atoms with Crippen LogP contribution in [0.5, 0.6) is 5.75 Å². The number of anilines is 1. The second-order valence-electron chi connectivity index (χ2n) is 7.25. The van der Waals surface area contributed by atoms with Gasteiger partial charge in [0.05, 0.1) is 17.0 Å². The zero-order valence-corrected chi connectivity index (χ0v) is 16.6. The number of para-hydroxylation sites is 2. The van der Waals surface area contributed by atoms with E-state index in [-0.39, 0.29) is 34.8 Å². The van der Waals surface area contributed by atoms with Crippen LogP contribution in [-0.4, -0.2) is 46.4 Å². The third-order valence-electron chi connectivity index (χ3n) is 5.33. The van der Waals surface area contributed by atoms with E-state index in [4.69, 9.17) is 10.5 Å². The second-order valence-corrected chi connectivity index (χ2v) is 7.25. The first-order valence-electron chi connectivity index (χ1n) is 9.33. The molecule has 0 saturated carbocycles. The molecule has 11 heteroatoms. The minimum Gasteiger partial charge on any atom is -0.489 e. The van der Waals surface area contributed by atoms with Crippen molar-refractivity contribution < 1.29 is 27.5 Å². The second kappa shape index (κ2) is 7.25. The maximum atomic E-state index is 13.2. The van der Waals surface area contributed by atoms with E-state index in [1.54, 1.807) is 31.3 Å². The van der Waals surface area contributed by atoms with E-state index in [0.29, 0.717) is 11.4 Å². The maximum Gasteiger partial charge on any atom is 0.395 e. The molecule has 8 nitrogen and oxygen atoms in total. The number of halogens is 3. The van der Waals surface area contributed by atoms with Gasteiger partial charge < -0.3 is 15.4 Å². The first kappa shape index (κ1) is 20.6. The molecule has 3 heterocycles. The van der Waals surface area contributed by atoms with Crippen molar-refractivity contribution in [3.8, 4) is 5.75 Å². The lowest BCUT2D eigenvalue weighted by Gasteiger charge is -2.20. The van der Waals surface area contributed by atoms with Crippen LogP contribution in [-0.2, 0) is 4.79 Å². The van der Waals surface area contributed by atoms with Gasteiger partial charge in [-0.1, -0.05) is 12.1 Å². The number of benzene rings is 1. The van der Waals surface area contributed by atoms with Gasteiger partial charge in [-0.2, -0.15) is 18.3 Å². The Morgan fingerprint density at radius 2 is 2.03 bits per heavy atom. The Balaban J connectivity index is 1.83. The number of likely N-dealkylation sites (N-methyl/N-ethyl adjacent to an activating group) is 1. The van der Waals surface area contributed by atoms with Crippen molar-refractivity contribution in [1.82, 2.24) is 14.8 Å². The molecule has 162 valence electrons. The Kier molecular flexibility index (Phi) is 4.83. The molecule has 1 unspecified atom stereocenters. The van der Waals surface area contributed by atoms with Crippen molar-refractivity contribution in [2.45, 2.75) is 25.1 Å². The number of alkyl halides is 3. The summed E-state index contributed by atoms with van der Waals surface area (Å²) in [4.78, 5) is 30.6. The number of nitrogens with two attached hydrogens (primary N) is 1. The molecule has 31 heavy (non-hydrogen) atoms. The highest BCUT2D eigenvalue weighted by molar-refractivity contribution is 6.04. The Labute approximate surface area is 174 Å². The SMILES string of the molecule is CC(c1cnc2c(c1)c(C(N)=O)nn2[C@H]1COc2ccccc2N(C)C1=O)C(F)(F)F. The van der Waals surface area contributed by atoms with Crippen LogP contribution in [0, 0.1) is 0 Å². The summed E-state index contributed by atoms with van der Waals surface area (Å²) in [7, 11) is 1.57. The van der Waals surface area contributed by atoms with E-state index in [0.717, 1.165) is 13.1 Å². The number of primary amides is 1. The average Bonchev–Trinajstić information content (AvgIpc) is 3.05. The number of hydrogen-bond donors (Lipinski definition) is 1. The number of ether oxygens (including phenoxy) is 1. The first-order valence-corrected chi connectivity index (χ1v) is 9.33. The van der Waals surface area contributed by atoms with Crippen LogP contribution in [0.2, 0.25) is 0 Å². The minimum atomic E-state index is -4.49. The molecule has 1 aromatic carbocycles. The molecule has 3 aromatic rings. The van der Waals surface area contributed by atoms with Gasteiger partial charge in [0.1, 0.15) is 12.4 Å². The van der Waals surface area contributed by atoms with E-state index >= 15 is 0 Å². The molecule has 0 fully saturated rings. The van der Waals surface area contributed by atoms with E-state index in [1.807, 2.05) is 0 Å². The number of carbonyl (C=O) groups excluding carboxylic acids is 2. The largest absolute Gasteiger partial charge is 0.489 e. The Morgan fingerprint density at radius 1 is 1.32 bits per heavy atom. The first-order chi connectivity index (χ1) is 14.6. The van der Waals surface area contributed by atoms with Gasteiger partial charge in [0, 0.05) is 13.2 Å². The summed E-state index contributed by atoms with van der Waals surface area (Å²) in [5.74, 6) is -2.65. The average molecular weight is 433 g/mol. The minimum absolute atomic E-state index is 0.0401. The fourth-order valence-electron chi connectivity index (χ4n) is 3.48. The van der Waals surface area contributed by atoms with Crippen molar-refractivity contribution >= 4 is 28.5 Å². The molecular weight excluding hydrogens is 415 g/mol. The number of nitrogens with zero attached hydrogens (tertiary/aromatic N) is 4. The molecular formula is C20H18F3N5O3. The summed E-state index contributed by atoms with van der Waals surface area (Å²) in [6.07, 6.45) is -3.43. The van der Waals surface area contributed by atoms with Gasteiger partial charge in [-0.3, -0.25) is 9.59 Å². The number of hydrogen-bond acceptors (Lipinski definition) is 5. The lowest BCUT2D eigenvalue weighted by Crippen LogP contribution is -2.36. The molecule has 0 aliphatic carbocycles. The molecule has 2 amide bonds. The normalized spacial score (nSPS) is 17.8. The summed E-state index contributed by atoms with van der Waals surface area (Å²) >= 11 is 0. The van der Waals surface area contributed by atoms with Gasteiger partial charge in [0.25, 0.3) is 11.8 Å². The van der Waals surface area contributed by atoms with E-state index < -0.39 is 24.0 Å². The van der Waals surface area contributed by atoms with E-state index in [2.05, 4.69) is 10.1 Å². The number of carbonyl (C=O) groups is 2. The van der Waals surface area contributed by atoms with Gasteiger partial charge in [-0.05, 0) is 30.7 Å². The van der Waals surface area contributed by atoms with Crippen molar-refractivity contribution in [1.29, 1.82) is 0 Å². The molecule has 2 N–H and O–H groups in total. The molecule has 0 radical (unpaired) electrons. The number of pyridine rings is 1. The monoisotopic (exact) mass is 433 g/mol. The number of amides is 2. The lowest BCUT2D eigenvalue weighted by molar-refractivity contribution is -0.146.